The number of nitrogens with one attached hydrogen (secondary N) is 1. The van der Waals surface area contributed by atoms with Crippen molar-refractivity contribution in [2.45, 2.75) is 17.6 Å². The highest BCUT2D eigenvalue weighted by molar-refractivity contribution is 7.98. The van der Waals surface area contributed by atoms with Gasteiger partial charge in [0, 0.05) is 6.20 Å². The molecule has 110 valence electrons. The fraction of sp³-hybridized carbons (Fsp3) is 0.250. The third-order valence-corrected chi connectivity index (χ3v) is 3.91. The van der Waals surface area contributed by atoms with Crippen molar-refractivity contribution in [3.8, 4) is 0 Å². The van der Waals surface area contributed by atoms with Gasteiger partial charge >= 0.3 is 0 Å². The summed E-state index contributed by atoms with van der Waals surface area (Å²) >= 11 is 1.42. The van der Waals surface area contributed by atoms with Gasteiger partial charge in [0.15, 0.2) is 0 Å². The lowest BCUT2D eigenvalue weighted by atomic mass is 9.96. The molecule has 1 atom stereocenters. The average molecular weight is 302 g/mol. The van der Waals surface area contributed by atoms with E-state index in [1.165, 1.54) is 11.8 Å². The second-order valence-corrected chi connectivity index (χ2v) is 5.68. The molecule has 2 rings (SSSR count). The molecule has 0 saturated carbocycles. The van der Waals surface area contributed by atoms with Crippen LogP contribution in [-0.2, 0) is 5.60 Å². The van der Waals surface area contributed by atoms with E-state index in [1.54, 1.807) is 25.3 Å². The summed E-state index contributed by atoms with van der Waals surface area (Å²) in [5.74, 6) is -0.233. The molecule has 0 aliphatic rings. The molecule has 21 heavy (non-hydrogen) atoms. The summed E-state index contributed by atoms with van der Waals surface area (Å²) in [6.07, 6.45) is 3.53. The lowest BCUT2D eigenvalue weighted by molar-refractivity contribution is 0.0525. The molecular formula is C16H18N2O2S. The first-order valence-corrected chi connectivity index (χ1v) is 7.82. The van der Waals surface area contributed by atoms with Crippen LogP contribution >= 0.6 is 11.8 Å². The van der Waals surface area contributed by atoms with Gasteiger partial charge in [0.05, 0.1) is 12.1 Å². The summed E-state index contributed by atoms with van der Waals surface area (Å²) in [7, 11) is 0. The summed E-state index contributed by atoms with van der Waals surface area (Å²) < 4.78 is 0. The minimum Gasteiger partial charge on any atom is -0.384 e. The van der Waals surface area contributed by atoms with Crippen molar-refractivity contribution in [3.05, 3.63) is 59.8 Å². The van der Waals surface area contributed by atoms with Crippen LogP contribution in [0.2, 0.25) is 0 Å². The molecular weight excluding hydrogens is 284 g/mol. The monoisotopic (exact) mass is 302 g/mol. The SMILES string of the molecule is CSc1ncccc1C(=O)NCC(C)(O)c1ccccc1. The molecule has 1 aromatic heterocycles. The molecule has 5 heteroatoms. The second kappa shape index (κ2) is 6.74. The molecule has 0 saturated heterocycles. The molecule has 0 fully saturated rings. The van der Waals surface area contributed by atoms with Gasteiger partial charge in [-0.2, -0.15) is 0 Å². The number of thioether (sulfide) groups is 1. The first kappa shape index (κ1) is 15.5. The zero-order chi connectivity index (χ0) is 15.3. The van der Waals surface area contributed by atoms with Crippen molar-refractivity contribution < 1.29 is 9.90 Å². The highest BCUT2D eigenvalue weighted by atomic mass is 32.2. The quantitative estimate of drug-likeness (QED) is 0.833. The largest absolute Gasteiger partial charge is 0.384 e. The van der Waals surface area contributed by atoms with E-state index >= 15 is 0 Å². The standard InChI is InChI=1S/C16H18N2O2S/c1-16(20,12-7-4-3-5-8-12)11-18-14(19)13-9-6-10-17-15(13)21-2/h3-10,20H,11H2,1-2H3,(H,18,19). The maximum absolute atomic E-state index is 12.2. The van der Waals surface area contributed by atoms with Gasteiger partial charge < -0.3 is 10.4 Å². The number of hydrogen-bond donors (Lipinski definition) is 2. The average Bonchev–Trinajstić information content (AvgIpc) is 2.53. The maximum atomic E-state index is 12.2. The van der Waals surface area contributed by atoms with Crippen LogP contribution in [0, 0.1) is 0 Å². The van der Waals surface area contributed by atoms with E-state index in [1.807, 2.05) is 36.6 Å². The lowest BCUT2D eigenvalue weighted by Gasteiger charge is -2.24. The van der Waals surface area contributed by atoms with E-state index < -0.39 is 5.60 Å². The summed E-state index contributed by atoms with van der Waals surface area (Å²) in [6, 6.07) is 12.7. The van der Waals surface area contributed by atoms with Gasteiger partial charge in [0.25, 0.3) is 5.91 Å². The maximum Gasteiger partial charge on any atom is 0.254 e. The normalized spacial score (nSPS) is 13.5. The second-order valence-electron chi connectivity index (χ2n) is 4.88. The van der Waals surface area contributed by atoms with Crippen LogP contribution in [-0.4, -0.2) is 28.8 Å². The number of carbonyl (C=O) groups is 1. The molecule has 1 unspecified atom stereocenters. The minimum atomic E-state index is -1.11. The number of amides is 1. The zero-order valence-electron chi connectivity index (χ0n) is 12.0. The van der Waals surface area contributed by atoms with E-state index in [4.69, 9.17) is 0 Å². The van der Waals surface area contributed by atoms with Crippen molar-refractivity contribution in [2.24, 2.45) is 0 Å². The van der Waals surface area contributed by atoms with Gasteiger partial charge in [-0.15, -0.1) is 11.8 Å². The molecule has 0 spiro atoms. The predicted molar refractivity (Wildman–Crippen MR) is 84.4 cm³/mol. The van der Waals surface area contributed by atoms with E-state index in [9.17, 15) is 9.90 Å². The van der Waals surface area contributed by atoms with Gasteiger partial charge in [-0.25, -0.2) is 4.98 Å². The molecule has 0 radical (unpaired) electrons. The number of hydrogen-bond acceptors (Lipinski definition) is 4. The number of aromatic nitrogens is 1. The Morgan fingerprint density at radius 1 is 1.29 bits per heavy atom. The minimum absolute atomic E-state index is 0.137. The summed E-state index contributed by atoms with van der Waals surface area (Å²) in [5.41, 5.74) is 0.175. The van der Waals surface area contributed by atoms with Crippen LogP contribution in [0.3, 0.4) is 0 Å². The fourth-order valence-corrected chi connectivity index (χ4v) is 2.52. The first-order chi connectivity index (χ1) is 10.0. The van der Waals surface area contributed by atoms with Crippen LogP contribution in [0.15, 0.2) is 53.7 Å². The number of rotatable bonds is 5. The molecule has 0 aliphatic carbocycles. The third-order valence-electron chi connectivity index (χ3n) is 3.20. The number of aliphatic hydroxyl groups is 1. The lowest BCUT2D eigenvalue weighted by Crippen LogP contribution is -2.38. The molecule has 1 aromatic carbocycles. The van der Waals surface area contributed by atoms with Crippen molar-refractivity contribution in [3.63, 3.8) is 0 Å². The Kier molecular flexibility index (Phi) is 4.98. The number of carbonyl (C=O) groups excluding carboxylic acids is 1. The van der Waals surface area contributed by atoms with Crippen LogP contribution in [0.25, 0.3) is 0 Å². The Bertz CT molecular complexity index is 615. The van der Waals surface area contributed by atoms with Crippen LogP contribution in [0.5, 0.6) is 0 Å². The van der Waals surface area contributed by atoms with Gasteiger partial charge in [-0.1, -0.05) is 30.3 Å². The summed E-state index contributed by atoms with van der Waals surface area (Å²) in [5, 5.41) is 13.9. The van der Waals surface area contributed by atoms with Crippen molar-refractivity contribution in [1.29, 1.82) is 0 Å². The van der Waals surface area contributed by atoms with E-state index in [2.05, 4.69) is 10.3 Å². The molecule has 4 nitrogen and oxygen atoms in total. The molecule has 0 bridgehead atoms. The molecule has 2 N–H and O–H groups in total. The van der Waals surface area contributed by atoms with E-state index in [0.717, 1.165) is 5.56 Å². The smallest absolute Gasteiger partial charge is 0.254 e. The van der Waals surface area contributed by atoms with Crippen molar-refractivity contribution in [2.75, 3.05) is 12.8 Å². The van der Waals surface area contributed by atoms with Gasteiger partial charge in [-0.3, -0.25) is 4.79 Å². The summed E-state index contributed by atoms with van der Waals surface area (Å²) in [6.45, 7) is 1.82. The van der Waals surface area contributed by atoms with Crippen LogP contribution in [0.1, 0.15) is 22.8 Å². The van der Waals surface area contributed by atoms with Crippen molar-refractivity contribution >= 4 is 17.7 Å². The van der Waals surface area contributed by atoms with Crippen LogP contribution in [0.4, 0.5) is 0 Å². The number of benzene rings is 1. The van der Waals surface area contributed by atoms with Gasteiger partial charge in [0.2, 0.25) is 0 Å². The highest BCUT2D eigenvalue weighted by Crippen LogP contribution is 2.20. The first-order valence-electron chi connectivity index (χ1n) is 6.60. The highest BCUT2D eigenvalue weighted by Gasteiger charge is 2.24. The fourth-order valence-electron chi connectivity index (χ4n) is 1.97. The molecule has 0 aliphatic heterocycles. The number of pyridine rings is 1. The Balaban J connectivity index is 2.07. The third kappa shape index (κ3) is 3.83. The Hall–Kier alpha value is -1.85. The molecule has 1 amide bonds. The Labute approximate surface area is 128 Å². The molecule has 2 aromatic rings. The Morgan fingerprint density at radius 2 is 2.00 bits per heavy atom. The van der Waals surface area contributed by atoms with Gasteiger partial charge in [0.1, 0.15) is 10.6 Å². The van der Waals surface area contributed by atoms with Crippen molar-refractivity contribution in [1.82, 2.24) is 10.3 Å². The topological polar surface area (TPSA) is 62.2 Å². The predicted octanol–water partition coefficient (Wildman–Crippen LogP) is 2.44. The molecule has 1 heterocycles. The zero-order valence-corrected chi connectivity index (χ0v) is 12.9. The Morgan fingerprint density at radius 3 is 2.67 bits per heavy atom. The van der Waals surface area contributed by atoms with E-state index in [0.29, 0.717) is 10.6 Å². The van der Waals surface area contributed by atoms with Crippen LogP contribution < -0.4 is 5.32 Å². The number of nitrogens with zero attached hydrogens (tertiary/aromatic N) is 1. The summed E-state index contributed by atoms with van der Waals surface area (Å²) in [4.78, 5) is 16.4. The van der Waals surface area contributed by atoms with Gasteiger partial charge in [-0.05, 0) is 30.9 Å². The van der Waals surface area contributed by atoms with E-state index in [-0.39, 0.29) is 12.5 Å².